The van der Waals surface area contributed by atoms with E-state index in [0.29, 0.717) is 17.4 Å². The highest BCUT2D eigenvalue weighted by Gasteiger charge is 2.67. The Morgan fingerprint density at radius 2 is 2.27 bits per heavy atom. The van der Waals surface area contributed by atoms with Crippen molar-refractivity contribution in [3.8, 4) is 0 Å². The minimum absolute atomic E-state index is 0.161. The highest BCUT2D eigenvalue weighted by molar-refractivity contribution is 5.25. The number of aliphatic hydroxyl groups is 1. The molecule has 0 unspecified atom stereocenters. The Hall–Kier alpha value is -0.340. The van der Waals surface area contributed by atoms with Crippen LogP contribution in [0.15, 0.2) is 12.2 Å². The summed E-state index contributed by atoms with van der Waals surface area (Å²) in [6.45, 7) is 2.29. The lowest BCUT2D eigenvalue weighted by Gasteiger charge is -2.48. The Morgan fingerprint density at radius 3 is 3.07 bits per heavy atom. The second kappa shape index (κ2) is 2.33. The predicted octanol–water partition coefficient (Wildman–Crippen LogP) is 1.88. The van der Waals surface area contributed by atoms with Gasteiger partial charge in [-0.15, -0.1) is 0 Å². The molecule has 6 atom stereocenters. The Morgan fingerprint density at radius 1 is 1.40 bits per heavy atom. The average Bonchev–Trinajstić information content (AvgIpc) is 2.54. The summed E-state index contributed by atoms with van der Waals surface area (Å²) in [5.74, 6) is 1.36. The van der Waals surface area contributed by atoms with E-state index in [0.717, 1.165) is 12.3 Å². The minimum atomic E-state index is -0.228. The predicted molar refractivity (Wildman–Crippen MR) is 56.3 cm³/mol. The van der Waals surface area contributed by atoms with Crippen molar-refractivity contribution in [3.05, 3.63) is 12.2 Å². The molecule has 2 aliphatic heterocycles. The second-order valence-corrected chi connectivity index (χ2v) is 6.28. The standard InChI is InChI=1S/C13H18O2/c1-12-7-13-3-2-9(14)5-10(13)11(15-12)4-8(12)6-13/h2-3,8-11,14H,4-7H2,1H3/t8-,9-,10-,11+,12+,13+/m1/s1. The lowest BCUT2D eigenvalue weighted by Crippen LogP contribution is -2.47. The molecule has 1 N–H and O–H groups in total. The van der Waals surface area contributed by atoms with E-state index < -0.39 is 0 Å². The molecule has 0 amide bonds. The van der Waals surface area contributed by atoms with Crippen LogP contribution in [0.1, 0.15) is 32.6 Å². The van der Waals surface area contributed by atoms with Crippen molar-refractivity contribution in [2.75, 3.05) is 0 Å². The van der Waals surface area contributed by atoms with Crippen LogP contribution in [0.3, 0.4) is 0 Å². The zero-order valence-corrected chi connectivity index (χ0v) is 9.15. The summed E-state index contributed by atoms with van der Waals surface area (Å²) in [6.07, 6.45) is 9.19. The van der Waals surface area contributed by atoms with Gasteiger partial charge in [0.1, 0.15) is 0 Å². The van der Waals surface area contributed by atoms with Crippen LogP contribution in [0, 0.1) is 17.3 Å². The fourth-order valence-corrected chi connectivity index (χ4v) is 4.87. The third kappa shape index (κ3) is 0.891. The van der Waals surface area contributed by atoms with Gasteiger partial charge in [-0.1, -0.05) is 12.2 Å². The van der Waals surface area contributed by atoms with E-state index in [1.165, 1.54) is 19.3 Å². The van der Waals surface area contributed by atoms with Gasteiger partial charge in [0.05, 0.1) is 17.8 Å². The Bertz CT molecular complexity index is 350. The molecule has 4 bridgehead atoms. The van der Waals surface area contributed by atoms with Crippen LogP contribution in [-0.4, -0.2) is 22.9 Å². The van der Waals surface area contributed by atoms with Crippen LogP contribution in [0.5, 0.6) is 0 Å². The number of allylic oxidation sites excluding steroid dienone is 1. The van der Waals surface area contributed by atoms with Crippen LogP contribution in [-0.2, 0) is 4.74 Å². The van der Waals surface area contributed by atoms with Crippen molar-refractivity contribution in [1.82, 2.24) is 0 Å². The molecule has 4 fully saturated rings. The normalized spacial score (nSPS) is 64.9. The monoisotopic (exact) mass is 206 g/mol. The largest absolute Gasteiger partial charge is 0.389 e. The topological polar surface area (TPSA) is 29.5 Å². The third-order valence-electron chi connectivity index (χ3n) is 5.44. The smallest absolute Gasteiger partial charge is 0.0725 e. The van der Waals surface area contributed by atoms with E-state index in [1.807, 2.05) is 6.08 Å². The molecule has 0 aromatic rings. The van der Waals surface area contributed by atoms with Gasteiger partial charge < -0.3 is 9.84 Å². The van der Waals surface area contributed by atoms with Crippen molar-refractivity contribution in [1.29, 1.82) is 0 Å². The summed E-state index contributed by atoms with van der Waals surface area (Å²) < 4.78 is 6.21. The molecule has 3 aliphatic carbocycles. The number of aliphatic hydroxyl groups excluding tert-OH is 1. The second-order valence-electron chi connectivity index (χ2n) is 6.28. The molecule has 0 aromatic heterocycles. The molecule has 5 aliphatic rings. The molecule has 82 valence electrons. The van der Waals surface area contributed by atoms with E-state index in [9.17, 15) is 5.11 Å². The van der Waals surface area contributed by atoms with Crippen molar-refractivity contribution in [2.24, 2.45) is 17.3 Å². The van der Waals surface area contributed by atoms with E-state index >= 15 is 0 Å². The molecule has 0 radical (unpaired) electrons. The van der Waals surface area contributed by atoms with Gasteiger partial charge in [0.15, 0.2) is 0 Å². The maximum absolute atomic E-state index is 9.73. The number of hydrogen-bond donors (Lipinski definition) is 1. The van der Waals surface area contributed by atoms with E-state index in [4.69, 9.17) is 4.74 Å². The van der Waals surface area contributed by atoms with Crippen LogP contribution >= 0.6 is 0 Å². The summed E-state index contributed by atoms with van der Waals surface area (Å²) >= 11 is 0. The number of rotatable bonds is 0. The number of hydrogen-bond acceptors (Lipinski definition) is 2. The first-order chi connectivity index (χ1) is 7.11. The first kappa shape index (κ1) is 8.77. The summed E-state index contributed by atoms with van der Waals surface area (Å²) in [4.78, 5) is 0. The van der Waals surface area contributed by atoms with Crippen LogP contribution < -0.4 is 0 Å². The molecular formula is C13H18O2. The SMILES string of the molecule is C[C@]12C[C@@]34C=C[C@@H](O)C[C@@H]3[C@H](C[C@@H]1C4)O2. The highest BCUT2D eigenvalue weighted by Crippen LogP contribution is 2.68. The van der Waals surface area contributed by atoms with E-state index in [2.05, 4.69) is 13.0 Å². The maximum Gasteiger partial charge on any atom is 0.0725 e. The number of ether oxygens (including phenoxy) is 1. The van der Waals surface area contributed by atoms with Gasteiger partial charge in [-0.05, 0) is 49.9 Å². The van der Waals surface area contributed by atoms with Gasteiger partial charge in [0, 0.05) is 0 Å². The Kier molecular flexibility index (Phi) is 1.36. The quantitative estimate of drug-likeness (QED) is 0.613. The highest BCUT2D eigenvalue weighted by atomic mass is 16.5. The zero-order chi connectivity index (χ0) is 10.3. The lowest BCUT2D eigenvalue weighted by atomic mass is 9.62. The fraction of sp³-hybridized carbons (Fsp3) is 0.846. The van der Waals surface area contributed by atoms with Crippen molar-refractivity contribution < 1.29 is 9.84 Å². The molecule has 1 spiro atoms. The van der Waals surface area contributed by atoms with Crippen molar-refractivity contribution in [2.45, 2.75) is 50.4 Å². The van der Waals surface area contributed by atoms with Crippen LogP contribution in [0.2, 0.25) is 0 Å². The molecule has 5 rings (SSSR count). The summed E-state index contributed by atoms with van der Waals surface area (Å²) in [6, 6.07) is 0. The molecule has 2 saturated carbocycles. The summed E-state index contributed by atoms with van der Waals surface area (Å²) in [5.41, 5.74) is 0.549. The van der Waals surface area contributed by atoms with E-state index in [1.54, 1.807) is 0 Å². The minimum Gasteiger partial charge on any atom is -0.389 e. The summed E-state index contributed by atoms with van der Waals surface area (Å²) in [7, 11) is 0. The maximum atomic E-state index is 9.73. The zero-order valence-electron chi connectivity index (χ0n) is 9.15. The Balaban J connectivity index is 1.83. The fourth-order valence-electron chi connectivity index (χ4n) is 4.87. The van der Waals surface area contributed by atoms with Gasteiger partial charge in [0.2, 0.25) is 0 Å². The van der Waals surface area contributed by atoms with Crippen LogP contribution in [0.4, 0.5) is 0 Å². The van der Waals surface area contributed by atoms with Gasteiger partial charge in [-0.25, -0.2) is 0 Å². The van der Waals surface area contributed by atoms with Gasteiger partial charge >= 0.3 is 0 Å². The lowest BCUT2D eigenvalue weighted by molar-refractivity contribution is -0.129. The molecule has 15 heavy (non-hydrogen) atoms. The molecular weight excluding hydrogens is 188 g/mol. The van der Waals surface area contributed by atoms with Crippen LogP contribution in [0.25, 0.3) is 0 Å². The van der Waals surface area contributed by atoms with Gasteiger partial charge in [-0.3, -0.25) is 0 Å². The van der Waals surface area contributed by atoms with Gasteiger partial charge in [-0.2, -0.15) is 0 Å². The average molecular weight is 206 g/mol. The van der Waals surface area contributed by atoms with Crippen molar-refractivity contribution >= 4 is 0 Å². The summed E-state index contributed by atoms with van der Waals surface area (Å²) in [5, 5.41) is 9.73. The molecule has 2 heteroatoms. The Labute approximate surface area is 90.3 Å². The molecule has 2 heterocycles. The first-order valence-corrected chi connectivity index (χ1v) is 6.17. The van der Waals surface area contributed by atoms with Gasteiger partial charge in [0.25, 0.3) is 0 Å². The first-order valence-electron chi connectivity index (χ1n) is 6.17. The van der Waals surface area contributed by atoms with Crippen molar-refractivity contribution in [3.63, 3.8) is 0 Å². The molecule has 2 saturated heterocycles. The molecule has 0 aromatic carbocycles. The van der Waals surface area contributed by atoms with E-state index in [-0.39, 0.29) is 11.7 Å². The molecule has 2 nitrogen and oxygen atoms in total. The third-order valence-corrected chi connectivity index (χ3v) is 5.44.